The normalized spacial score (nSPS) is 18.3. The highest BCUT2D eigenvalue weighted by atomic mass is 35.5. The minimum Gasteiger partial charge on any atom is -0.376 e. The molecule has 1 unspecified atom stereocenters. The predicted molar refractivity (Wildman–Crippen MR) is 135 cm³/mol. The molecule has 2 aromatic carbocycles. The van der Waals surface area contributed by atoms with E-state index < -0.39 is 23.9 Å². The Balaban J connectivity index is 1.97. The number of halogens is 5. The molecule has 3 rings (SSSR count). The molecule has 192 valence electrons. The van der Waals surface area contributed by atoms with Crippen molar-refractivity contribution in [2.24, 2.45) is 16.7 Å². The molecule has 0 heterocycles. The fourth-order valence-electron chi connectivity index (χ4n) is 5.18. The molecule has 1 N–H and O–H groups in total. The van der Waals surface area contributed by atoms with E-state index in [0.717, 1.165) is 31.7 Å². The van der Waals surface area contributed by atoms with Crippen LogP contribution < -0.4 is 5.32 Å². The summed E-state index contributed by atoms with van der Waals surface area (Å²) in [4.78, 5) is 13.3. The van der Waals surface area contributed by atoms with Crippen LogP contribution in [0.5, 0.6) is 0 Å². The molecule has 0 aromatic heterocycles. The zero-order valence-electron chi connectivity index (χ0n) is 20.6. The number of carbonyl (C=O) groups excluding carboxylic acids is 1. The number of hydrogen-bond acceptors (Lipinski definition) is 2. The average molecular weight is 530 g/mol. The van der Waals surface area contributed by atoms with Gasteiger partial charge in [0, 0.05) is 17.5 Å². The number of methoxy groups -OCH3 is 1. The molecule has 35 heavy (non-hydrogen) atoms. The lowest BCUT2D eigenvalue weighted by atomic mass is 9.51. The van der Waals surface area contributed by atoms with E-state index in [4.69, 9.17) is 27.9 Å². The van der Waals surface area contributed by atoms with Gasteiger partial charge in [0.2, 0.25) is 5.91 Å². The maximum Gasteiger partial charge on any atom is 0.392 e. The monoisotopic (exact) mass is 529 g/mol. The van der Waals surface area contributed by atoms with E-state index in [1.807, 2.05) is 6.07 Å². The van der Waals surface area contributed by atoms with E-state index in [1.165, 1.54) is 24.3 Å². The molecule has 0 aliphatic heterocycles. The molecule has 3 nitrogen and oxygen atoms in total. The lowest BCUT2D eigenvalue weighted by Crippen LogP contribution is -2.47. The smallest absolute Gasteiger partial charge is 0.376 e. The molecule has 0 radical (unpaired) electrons. The summed E-state index contributed by atoms with van der Waals surface area (Å²) in [7, 11) is 1.66. The Morgan fingerprint density at radius 3 is 2.06 bits per heavy atom. The molecule has 1 saturated carbocycles. The van der Waals surface area contributed by atoms with Crippen molar-refractivity contribution in [3.63, 3.8) is 0 Å². The Morgan fingerprint density at radius 2 is 1.60 bits per heavy atom. The lowest BCUT2D eigenvalue weighted by molar-refractivity contribution is -0.178. The number of amides is 1. The van der Waals surface area contributed by atoms with Crippen molar-refractivity contribution >= 4 is 34.8 Å². The second-order valence-electron chi connectivity index (χ2n) is 10.5. The zero-order valence-corrected chi connectivity index (χ0v) is 22.1. The fourth-order valence-corrected chi connectivity index (χ4v) is 5.47. The highest BCUT2D eigenvalue weighted by Crippen LogP contribution is 2.61. The van der Waals surface area contributed by atoms with Crippen LogP contribution in [0.3, 0.4) is 0 Å². The van der Waals surface area contributed by atoms with Crippen LogP contribution in [-0.2, 0) is 9.53 Å². The largest absolute Gasteiger partial charge is 0.392 e. The molecule has 1 aliphatic rings. The first-order valence-corrected chi connectivity index (χ1v) is 12.4. The van der Waals surface area contributed by atoms with Gasteiger partial charge in [-0.15, -0.1) is 0 Å². The van der Waals surface area contributed by atoms with E-state index in [9.17, 15) is 18.0 Å². The van der Waals surface area contributed by atoms with Gasteiger partial charge in [-0.05, 0) is 53.6 Å². The second kappa shape index (κ2) is 10.3. The minimum absolute atomic E-state index is 0.0310. The average Bonchev–Trinajstić information content (AvgIpc) is 2.72. The summed E-state index contributed by atoms with van der Waals surface area (Å²) in [6.07, 6.45) is -1.71. The van der Waals surface area contributed by atoms with E-state index in [2.05, 4.69) is 26.1 Å². The second-order valence-corrected chi connectivity index (χ2v) is 11.3. The number of nitrogens with one attached hydrogen (secondary N) is 1. The highest BCUT2D eigenvalue weighted by Gasteiger charge is 2.53. The quantitative estimate of drug-likeness (QED) is 0.389. The summed E-state index contributed by atoms with van der Waals surface area (Å²) < 4.78 is 47.1. The van der Waals surface area contributed by atoms with Crippen molar-refractivity contribution in [3.05, 3.63) is 63.6 Å². The predicted octanol–water partition coefficient (Wildman–Crippen LogP) is 8.82. The van der Waals surface area contributed by atoms with Crippen LogP contribution in [0.1, 0.15) is 70.1 Å². The SMILES string of the molecule is COC(c1ccc(Cl)c(NC(=O)[C@H](c2ccc(Cl)cc2)[C@@H](C)C(F)(F)F)c1)C1(C(C)(C)C)CCC1. The van der Waals surface area contributed by atoms with Crippen molar-refractivity contribution in [1.29, 1.82) is 0 Å². The summed E-state index contributed by atoms with van der Waals surface area (Å²) >= 11 is 12.3. The Kier molecular flexibility index (Phi) is 8.20. The highest BCUT2D eigenvalue weighted by molar-refractivity contribution is 6.33. The van der Waals surface area contributed by atoms with Crippen LogP contribution in [-0.4, -0.2) is 19.2 Å². The fraction of sp³-hybridized carbons (Fsp3) is 0.519. The molecular weight excluding hydrogens is 498 g/mol. The van der Waals surface area contributed by atoms with Crippen LogP contribution in [0.15, 0.2) is 42.5 Å². The summed E-state index contributed by atoms with van der Waals surface area (Å²) in [5, 5.41) is 3.28. The summed E-state index contributed by atoms with van der Waals surface area (Å²) in [6, 6.07) is 11.1. The summed E-state index contributed by atoms with van der Waals surface area (Å²) in [6.45, 7) is 7.56. The Morgan fingerprint density at radius 1 is 1.03 bits per heavy atom. The van der Waals surface area contributed by atoms with Crippen molar-refractivity contribution in [2.75, 3.05) is 12.4 Å². The Hall–Kier alpha value is -1.76. The van der Waals surface area contributed by atoms with E-state index in [0.29, 0.717) is 5.02 Å². The first-order valence-electron chi connectivity index (χ1n) is 11.7. The number of ether oxygens (including phenoxy) is 1. The number of alkyl halides is 3. The van der Waals surface area contributed by atoms with Crippen LogP contribution >= 0.6 is 23.2 Å². The summed E-state index contributed by atoms with van der Waals surface area (Å²) in [5.41, 5.74) is 1.19. The van der Waals surface area contributed by atoms with Gasteiger partial charge in [0.1, 0.15) is 0 Å². The lowest BCUT2D eigenvalue weighted by Gasteiger charge is -2.55. The molecule has 3 atom stereocenters. The molecule has 8 heteroatoms. The zero-order chi connectivity index (χ0) is 26.2. The Labute approximate surface area is 215 Å². The number of rotatable bonds is 7. The van der Waals surface area contributed by atoms with E-state index in [-0.39, 0.29) is 33.2 Å². The van der Waals surface area contributed by atoms with Gasteiger partial charge in [0.25, 0.3) is 0 Å². The van der Waals surface area contributed by atoms with E-state index in [1.54, 1.807) is 19.2 Å². The first kappa shape index (κ1) is 27.8. The number of hydrogen-bond donors (Lipinski definition) is 1. The standard InChI is InChI=1S/C27H32Cl2F3NO2/c1-16(27(30,31)32)22(17-7-10-19(28)11-8-17)24(34)33-21-15-18(9-12-20(21)29)23(35-5)26(13-6-14-26)25(2,3)4/h7-12,15-16,22-23H,6,13-14H2,1-5H3,(H,33,34)/t16-,22+,23?/m1/s1. The molecule has 0 saturated heterocycles. The van der Waals surface area contributed by atoms with E-state index >= 15 is 0 Å². The first-order chi connectivity index (χ1) is 16.2. The topological polar surface area (TPSA) is 38.3 Å². The molecule has 1 fully saturated rings. The number of benzene rings is 2. The molecular formula is C27H32Cl2F3NO2. The molecule has 0 bridgehead atoms. The number of anilines is 1. The maximum absolute atomic E-state index is 13.7. The van der Waals surface area contributed by atoms with Gasteiger partial charge >= 0.3 is 6.18 Å². The van der Waals surface area contributed by atoms with Gasteiger partial charge in [-0.1, -0.05) is 75.5 Å². The Bertz CT molecular complexity index is 1040. The van der Waals surface area contributed by atoms with Crippen LogP contribution in [0.25, 0.3) is 0 Å². The minimum atomic E-state index is -4.57. The van der Waals surface area contributed by atoms with Gasteiger partial charge in [-0.2, -0.15) is 13.2 Å². The van der Waals surface area contributed by atoms with Gasteiger partial charge in [-0.3, -0.25) is 4.79 Å². The van der Waals surface area contributed by atoms with Crippen molar-refractivity contribution in [1.82, 2.24) is 0 Å². The van der Waals surface area contributed by atoms with Gasteiger partial charge in [-0.25, -0.2) is 0 Å². The number of carbonyl (C=O) groups is 1. The van der Waals surface area contributed by atoms with Crippen molar-refractivity contribution < 1.29 is 22.7 Å². The van der Waals surface area contributed by atoms with Crippen molar-refractivity contribution in [3.8, 4) is 0 Å². The third-order valence-corrected chi connectivity index (χ3v) is 8.14. The molecule has 2 aromatic rings. The summed E-state index contributed by atoms with van der Waals surface area (Å²) in [5.74, 6) is -4.19. The van der Waals surface area contributed by atoms with Gasteiger partial charge in [0.05, 0.1) is 28.6 Å². The molecule has 1 aliphatic carbocycles. The van der Waals surface area contributed by atoms with Gasteiger partial charge in [0.15, 0.2) is 0 Å². The van der Waals surface area contributed by atoms with Crippen LogP contribution in [0.4, 0.5) is 18.9 Å². The van der Waals surface area contributed by atoms with Crippen LogP contribution in [0.2, 0.25) is 10.0 Å². The third-order valence-electron chi connectivity index (χ3n) is 7.56. The van der Waals surface area contributed by atoms with Crippen LogP contribution in [0, 0.1) is 16.7 Å². The maximum atomic E-state index is 13.7. The van der Waals surface area contributed by atoms with Crippen molar-refractivity contribution in [2.45, 2.75) is 65.2 Å². The van der Waals surface area contributed by atoms with Gasteiger partial charge < -0.3 is 10.1 Å². The molecule has 0 spiro atoms. The third kappa shape index (κ3) is 5.65. The molecule has 1 amide bonds.